The molecule has 0 aliphatic rings. The smallest absolute Gasteiger partial charge is 0.259 e. The van der Waals surface area contributed by atoms with Crippen LogP contribution in [0.15, 0.2) is 53.0 Å². The van der Waals surface area contributed by atoms with Gasteiger partial charge in [0.2, 0.25) is 0 Å². The Balaban J connectivity index is 2.34. The van der Waals surface area contributed by atoms with Gasteiger partial charge in [-0.2, -0.15) is 0 Å². The molecular weight excluding hydrogens is 336 g/mol. The first-order valence-electron chi connectivity index (χ1n) is 5.93. The lowest BCUT2D eigenvalue weighted by Gasteiger charge is -2.18. The Morgan fingerprint density at radius 1 is 1.20 bits per heavy atom. The number of benzene rings is 2. The Labute approximate surface area is 131 Å². The molecular formula is C15H13BrN2OS. The van der Waals surface area contributed by atoms with E-state index in [2.05, 4.69) is 15.9 Å². The quantitative estimate of drug-likeness (QED) is 0.865. The van der Waals surface area contributed by atoms with Gasteiger partial charge in [-0.1, -0.05) is 36.5 Å². The van der Waals surface area contributed by atoms with E-state index >= 15 is 0 Å². The summed E-state index contributed by atoms with van der Waals surface area (Å²) in [5, 5.41) is 0. The van der Waals surface area contributed by atoms with Crippen LogP contribution in [-0.2, 0) is 0 Å². The topological polar surface area (TPSA) is 46.3 Å². The van der Waals surface area contributed by atoms with Crippen LogP contribution in [-0.4, -0.2) is 17.9 Å². The second kappa shape index (κ2) is 6.15. The third kappa shape index (κ3) is 3.05. The summed E-state index contributed by atoms with van der Waals surface area (Å²) in [5.41, 5.74) is 7.71. The van der Waals surface area contributed by atoms with E-state index in [9.17, 15) is 4.79 Å². The number of nitrogens with zero attached hydrogens (tertiary/aromatic N) is 1. The lowest BCUT2D eigenvalue weighted by Crippen LogP contribution is -2.26. The predicted octanol–water partition coefficient (Wildman–Crippen LogP) is 3.36. The minimum atomic E-state index is -0.0995. The van der Waals surface area contributed by atoms with Crippen molar-refractivity contribution in [2.45, 2.75) is 0 Å². The van der Waals surface area contributed by atoms with E-state index in [4.69, 9.17) is 18.0 Å². The van der Waals surface area contributed by atoms with Gasteiger partial charge in [0.1, 0.15) is 4.99 Å². The molecule has 102 valence electrons. The van der Waals surface area contributed by atoms with Gasteiger partial charge in [-0.05, 0) is 40.2 Å². The van der Waals surface area contributed by atoms with Crippen molar-refractivity contribution in [3.8, 4) is 0 Å². The van der Waals surface area contributed by atoms with Crippen LogP contribution in [0.1, 0.15) is 15.9 Å². The standard InChI is InChI=1S/C15H13BrN2OS/c1-18(11-6-4-5-10(9-11)14(17)20)15(19)12-7-2-3-8-13(12)16/h2-9H,1H3,(H2,17,20). The van der Waals surface area contributed by atoms with Gasteiger partial charge >= 0.3 is 0 Å². The summed E-state index contributed by atoms with van der Waals surface area (Å²) in [5.74, 6) is -0.0995. The Morgan fingerprint density at radius 2 is 1.90 bits per heavy atom. The highest BCUT2D eigenvalue weighted by Gasteiger charge is 2.16. The fourth-order valence-electron chi connectivity index (χ4n) is 1.80. The molecule has 0 atom stereocenters. The van der Waals surface area contributed by atoms with Crippen molar-refractivity contribution in [2.75, 3.05) is 11.9 Å². The fourth-order valence-corrected chi connectivity index (χ4v) is 2.38. The lowest BCUT2D eigenvalue weighted by molar-refractivity contribution is 0.0992. The Kier molecular flexibility index (Phi) is 4.52. The van der Waals surface area contributed by atoms with Gasteiger partial charge in [0, 0.05) is 22.8 Å². The van der Waals surface area contributed by atoms with E-state index in [0.717, 1.165) is 15.7 Å². The molecule has 0 fully saturated rings. The summed E-state index contributed by atoms with van der Waals surface area (Å²) >= 11 is 8.34. The third-order valence-electron chi connectivity index (χ3n) is 2.93. The molecule has 0 unspecified atom stereocenters. The Bertz CT molecular complexity index is 672. The molecule has 2 rings (SSSR count). The number of anilines is 1. The first kappa shape index (κ1) is 14.7. The zero-order valence-electron chi connectivity index (χ0n) is 10.8. The highest BCUT2D eigenvalue weighted by atomic mass is 79.9. The average molecular weight is 349 g/mol. The Hall–Kier alpha value is -1.72. The van der Waals surface area contributed by atoms with Crippen molar-refractivity contribution in [1.82, 2.24) is 0 Å². The molecule has 0 aromatic heterocycles. The summed E-state index contributed by atoms with van der Waals surface area (Å²) in [4.78, 5) is 14.4. The molecule has 0 aliphatic carbocycles. The first-order chi connectivity index (χ1) is 9.50. The molecule has 0 radical (unpaired) electrons. The van der Waals surface area contributed by atoms with Crippen LogP contribution in [0.3, 0.4) is 0 Å². The summed E-state index contributed by atoms with van der Waals surface area (Å²) in [6.45, 7) is 0. The number of carbonyl (C=O) groups excluding carboxylic acids is 1. The van der Waals surface area contributed by atoms with Gasteiger partial charge < -0.3 is 10.6 Å². The van der Waals surface area contributed by atoms with E-state index in [-0.39, 0.29) is 5.91 Å². The number of nitrogens with two attached hydrogens (primary N) is 1. The molecule has 1 amide bonds. The predicted molar refractivity (Wildman–Crippen MR) is 89.2 cm³/mol. The van der Waals surface area contributed by atoms with Crippen LogP contribution in [0.2, 0.25) is 0 Å². The van der Waals surface area contributed by atoms with Gasteiger partial charge in [0.05, 0.1) is 5.56 Å². The molecule has 0 saturated carbocycles. The second-order valence-electron chi connectivity index (χ2n) is 4.26. The number of hydrogen-bond acceptors (Lipinski definition) is 2. The van der Waals surface area contributed by atoms with Crippen molar-refractivity contribution in [2.24, 2.45) is 5.73 Å². The minimum Gasteiger partial charge on any atom is -0.389 e. The molecule has 2 N–H and O–H groups in total. The fraction of sp³-hybridized carbons (Fsp3) is 0.0667. The van der Waals surface area contributed by atoms with Gasteiger partial charge in [-0.15, -0.1) is 0 Å². The number of carbonyl (C=O) groups is 1. The SMILES string of the molecule is CN(C(=O)c1ccccc1Br)c1cccc(C(N)=S)c1. The number of halogens is 1. The lowest BCUT2D eigenvalue weighted by atomic mass is 10.1. The van der Waals surface area contributed by atoms with Crippen molar-refractivity contribution in [3.05, 3.63) is 64.1 Å². The zero-order chi connectivity index (χ0) is 14.7. The number of amides is 1. The Morgan fingerprint density at radius 3 is 2.55 bits per heavy atom. The zero-order valence-corrected chi connectivity index (χ0v) is 13.2. The molecule has 5 heteroatoms. The van der Waals surface area contributed by atoms with Gasteiger partial charge in [0.15, 0.2) is 0 Å². The molecule has 0 spiro atoms. The maximum atomic E-state index is 12.5. The molecule has 2 aromatic rings. The van der Waals surface area contributed by atoms with Crippen molar-refractivity contribution in [3.63, 3.8) is 0 Å². The monoisotopic (exact) mass is 348 g/mol. The van der Waals surface area contributed by atoms with Gasteiger partial charge in [-0.3, -0.25) is 4.79 Å². The molecule has 0 bridgehead atoms. The average Bonchev–Trinajstić information content (AvgIpc) is 2.46. The minimum absolute atomic E-state index is 0.0995. The van der Waals surface area contributed by atoms with Crippen LogP contribution in [0, 0.1) is 0 Å². The van der Waals surface area contributed by atoms with Crippen LogP contribution >= 0.6 is 28.1 Å². The van der Waals surface area contributed by atoms with Crippen LogP contribution in [0.5, 0.6) is 0 Å². The van der Waals surface area contributed by atoms with E-state index < -0.39 is 0 Å². The number of thiocarbonyl (C=S) groups is 1. The van der Waals surface area contributed by atoms with Gasteiger partial charge in [-0.25, -0.2) is 0 Å². The summed E-state index contributed by atoms with van der Waals surface area (Å²) in [6, 6.07) is 14.6. The van der Waals surface area contributed by atoms with Crippen molar-refractivity contribution < 1.29 is 4.79 Å². The van der Waals surface area contributed by atoms with Gasteiger partial charge in [0.25, 0.3) is 5.91 Å². The molecule has 0 saturated heterocycles. The first-order valence-corrected chi connectivity index (χ1v) is 7.13. The highest BCUT2D eigenvalue weighted by molar-refractivity contribution is 9.10. The highest BCUT2D eigenvalue weighted by Crippen LogP contribution is 2.21. The third-order valence-corrected chi connectivity index (χ3v) is 3.85. The summed E-state index contributed by atoms with van der Waals surface area (Å²) < 4.78 is 0.766. The summed E-state index contributed by atoms with van der Waals surface area (Å²) in [6.07, 6.45) is 0. The molecule has 0 heterocycles. The second-order valence-corrected chi connectivity index (χ2v) is 5.55. The molecule has 3 nitrogen and oxygen atoms in total. The number of rotatable bonds is 3. The van der Waals surface area contributed by atoms with Crippen molar-refractivity contribution in [1.29, 1.82) is 0 Å². The maximum Gasteiger partial charge on any atom is 0.259 e. The normalized spacial score (nSPS) is 10.1. The number of hydrogen-bond donors (Lipinski definition) is 1. The molecule has 0 aliphatic heterocycles. The van der Waals surface area contributed by atoms with Crippen molar-refractivity contribution >= 4 is 44.7 Å². The van der Waals surface area contributed by atoms with E-state index in [1.165, 1.54) is 0 Å². The van der Waals surface area contributed by atoms with E-state index in [1.54, 1.807) is 24.1 Å². The van der Waals surface area contributed by atoms with E-state index in [1.807, 2.05) is 36.4 Å². The maximum absolute atomic E-state index is 12.5. The molecule has 2 aromatic carbocycles. The summed E-state index contributed by atoms with van der Waals surface area (Å²) in [7, 11) is 1.72. The largest absolute Gasteiger partial charge is 0.389 e. The van der Waals surface area contributed by atoms with E-state index in [0.29, 0.717) is 10.6 Å². The van der Waals surface area contributed by atoms with Crippen LogP contribution in [0.4, 0.5) is 5.69 Å². The van der Waals surface area contributed by atoms with Crippen LogP contribution in [0.25, 0.3) is 0 Å². The molecule has 20 heavy (non-hydrogen) atoms. The van der Waals surface area contributed by atoms with Crippen LogP contribution < -0.4 is 10.6 Å².